The maximum atomic E-state index is 13.8. The van der Waals surface area contributed by atoms with Crippen LogP contribution in [0.25, 0.3) is 22.4 Å². The van der Waals surface area contributed by atoms with E-state index < -0.39 is 11.9 Å². The van der Waals surface area contributed by atoms with Crippen LogP contribution in [0.5, 0.6) is 0 Å². The summed E-state index contributed by atoms with van der Waals surface area (Å²) in [6, 6.07) is 11.8. The van der Waals surface area contributed by atoms with Crippen molar-refractivity contribution in [3.05, 3.63) is 48.0 Å². The van der Waals surface area contributed by atoms with E-state index in [0.29, 0.717) is 43.5 Å². The third-order valence-electron chi connectivity index (χ3n) is 7.87. The Bertz CT molecular complexity index is 1430. The summed E-state index contributed by atoms with van der Waals surface area (Å²) in [6.07, 6.45) is 5.24. The van der Waals surface area contributed by atoms with Crippen molar-refractivity contribution in [2.75, 3.05) is 29.6 Å². The minimum atomic E-state index is -0.972. The van der Waals surface area contributed by atoms with E-state index in [9.17, 15) is 19.5 Å². The van der Waals surface area contributed by atoms with E-state index in [4.69, 9.17) is 9.72 Å². The van der Waals surface area contributed by atoms with Crippen LogP contribution < -0.4 is 9.80 Å². The largest absolute Gasteiger partial charge is 0.481 e. The van der Waals surface area contributed by atoms with Crippen molar-refractivity contribution in [2.24, 2.45) is 11.3 Å². The topological polar surface area (TPSA) is 113 Å². The molecule has 9 nitrogen and oxygen atoms in total. The number of aliphatic carboxylic acids is 1. The summed E-state index contributed by atoms with van der Waals surface area (Å²) in [6.45, 7) is 3.83. The number of pyridine rings is 1. The van der Waals surface area contributed by atoms with Crippen molar-refractivity contribution in [1.29, 1.82) is 0 Å². The van der Waals surface area contributed by atoms with Gasteiger partial charge in [0.25, 0.3) is 0 Å². The molecular weight excluding hydrogens is 528 g/mol. The number of amides is 2. The van der Waals surface area contributed by atoms with Crippen molar-refractivity contribution in [1.82, 2.24) is 9.97 Å². The van der Waals surface area contributed by atoms with Crippen LogP contribution in [-0.4, -0.2) is 58.7 Å². The molecule has 3 fully saturated rings. The van der Waals surface area contributed by atoms with Crippen molar-refractivity contribution in [2.45, 2.75) is 51.5 Å². The number of hydrogen-bond donors (Lipinski definition) is 1. The fourth-order valence-electron chi connectivity index (χ4n) is 5.63. The lowest BCUT2D eigenvalue weighted by atomic mass is 9.78. The molecule has 1 saturated carbocycles. The number of carboxylic acids is 1. The quantitative estimate of drug-likeness (QED) is 0.371. The Morgan fingerprint density at radius 2 is 1.98 bits per heavy atom. The van der Waals surface area contributed by atoms with Gasteiger partial charge in [0.1, 0.15) is 5.82 Å². The lowest BCUT2D eigenvalue weighted by Gasteiger charge is -2.40. The van der Waals surface area contributed by atoms with Gasteiger partial charge in [-0.15, -0.1) is 11.3 Å². The Hall–Kier alpha value is -3.63. The number of carboxylic acid groups (broad SMARTS) is 1. The lowest BCUT2D eigenvalue weighted by Crippen LogP contribution is -2.46. The second kappa shape index (κ2) is 10.7. The van der Waals surface area contributed by atoms with Gasteiger partial charge in [-0.25, -0.2) is 9.97 Å². The fraction of sp³-hybridized carbons (Fsp3) is 0.433. The van der Waals surface area contributed by atoms with Gasteiger partial charge in [-0.3, -0.25) is 24.2 Å². The highest BCUT2D eigenvalue weighted by molar-refractivity contribution is 7.14. The smallest absolute Gasteiger partial charge is 0.304 e. The van der Waals surface area contributed by atoms with Crippen LogP contribution in [0.4, 0.5) is 10.9 Å². The Labute approximate surface area is 236 Å². The molecule has 2 amide bonds. The SMILES string of the molecule is CC1(C[C@H](CC(=O)O)C(=O)N(c2nc(-c3ccccc3-c3ccc(N4CCCC4=O)nc3)cs2)C2CC2)COC1. The summed E-state index contributed by atoms with van der Waals surface area (Å²) in [5.41, 5.74) is 3.36. The molecule has 3 aromatic rings. The lowest BCUT2D eigenvalue weighted by molar-refractivity contribution is -0.145. The molecule has 3 aliphatic rings. The molecule has 10 heteroatoms. The Kier molecular flexibility index (Phi) is 7.14. The number of anilines is 2. The molecule has 0 radical (unpaired) electrons. The summed E-state index contributed by atoms with van der Waals surface area (Å²) in [5.74, 6) is -0.995. The molecular formula is C30H32N4O5S. The number of carbonyl (C=O) groups excluding carboxylic acids is 2. The van der Waals surface area contributed by atoms with E-state index in [2.05, 4.69) is 4.98 Å². The molecule has 2 aromatic heterocycles. The first kappa shape index (κ1) is 26.6. The zero-order chi connectivity index (χ0) is 27.9. The van der Waals surface area contributed by atoms with E-state index in [0.717, 1.165) is 41.6 Å². The number of aromatic nitrogens is 2. The maximum absolute atomic E-state index is 13.8. The molecule has 1 aliphatic carbocycles. The number of thiazole rings is 1. The minimum absolute atomic E-state index is 0.0496. The molecule has 1 atom stereocenters. The number of benzene rings is 1. The van der Waals surface area contributed by atoms with Crippen LogP contribution in [0, 0.1) is 11.3 Å². The number of hydrogen-bond acceptors (Lipinski definition) is 7. The molecule has 40 heavy (non-hydrogen) atoms. The van der Waals surface area contributed by atoms with Crippen molar-refractivity contribution < 1.29 is 24.2 Å². The van der Waals surface area contributed by atoms with Gasteiger partial charge in [0.15, 0.2) is 5.13 Å². The van der Waals surface area contributed by atoms with Crippen LogP contribution >= 0.6 is 11.3 Å². The molecule has 208 valence electrons. The van der Waals surface area contributed by atoms with E-state index in [1.165, 1.54) is 11.3 Å². The molecule has 4 heterocycles. The Morgan fingerprint density at radius 3 is 2.58 bits per heavy atom. The predicted molar refractivity (Wildman–Crippen MR) is 152 cm³/mol. The Balaban J connectivity index is 1.27. The molecule has 0 bridgehead atoms. The standard InChI is InChI=1S/C30H32N4O5S/c1-30(17-39-18-30)14-20(13-27(36)37)28(38)34(21-9-10-21)29-32-24(16-40-29)23-6-3-2-5-22(23)19-8-11-25(31-15-19)33-12-4-7-26(33)35/h2-3,5-6,8,11,15-16,20-21H,4,7,9-10,12-14,17-18H2,1H3,(H,36,37)/t20-/m0/s1. The Morgan fingerprint density at radius 1 is 1.20 bits per heavy atom. The molecule has 0 spiro atoms. The average molecular weight is 561 g/mol. The summed E-state index contributed by atoms with van der Waals surface area (Å²) >= 11 is 1.41. The summed E-state index contributed by atoms with van der Waals surface area (Å²) in [4.78, 5) is 50.6. The van der Waals surface area contributed by atoms with Gasteiger partial charge in [-0.2, -0.15) is 0 Å². The molecule has 1 aromatic carbocycles. The number of rotatable bonds is 10. The highest BCUT2D eigenvalue weighted by Crippen LogP contribution is 2.41. The highest BCUT2D eigenvalue weighted by Gasteiger charge is 2.43. The molecule has 2 aliphatic heterocycles. The molecule has 0 unspecified atom stereocenters. The third-order valence-corrected chi connectivity index (χ3v) is 8.71. The average Bonchev–Trinajstić information content (AvgIpc) is 3.47. The molecule has 2 saturated heterocycles. The van der Waals surface area contributed by atoms with Crippen molar-refractivity contribution in [3.63, 3.8) is 0 Å². The van der Waals surface area contributed by atoms with E-state index in [-0.39, 0.29) is 29.7 Å². The third kappa shape index (κ3) is 5.38. The summed E-state index contributed by atoms with van der Waals surface area (Å²) in [7, 11) is 0. The van der Waals surface area contributed by atoms with E-state index >= 15 is 0 Å². The summed E-state index contributed by atoms with van der Waals surface area (Å²) < 4.78 is 5.36. The molecule has 1 N–H and O–H groups in total. The first-order valence-electron chi connectivity index (χ1n) is 13.8. The van der Waals surface area contributed by atoms with Gasteiger partial charge < -0.3 is 9.84 Å². The number of ether oxygens (including phenoxy) is 1. The summed E-state index contributed by atoms with van der Waals surface area (Å²) in [5, 5.41) is 12.1. The predicted octanol–water partition coefficient (Wildman–Crippen LogP) is 5.01. The number of carbonyl (C=O) groups is 3. The maximum Gasteiger partial charge on any atom is 0.304 e. The van der Waals surface area contributed by atoms with E-state index in [1.807, 2.05) is 48.7 Å². The highest BCUT2D eigenvalue weighted by atomic mass is 32.1. The van der Waals surface area contributed by atoms with Gasteiger partial charge in [0.05, 0.1) is 25.3 Å². The van der Waals surface area contributed by atoms with Crippen molar-refractivity contribution in [3.8, 4) is 22.4 Å². The van der Waals surface area contributed by atoms with Crippen LogP contribution in [0.3, 0.4) is 0 Å². The zero-order valence-electron chi connectivity index (χ0n) is 22.4. The second-order valence-electron chi connectivity index (χ2n) is 11.4. The second-order valence-corrected chi connectivity index (χ2v) is 12.2. The first-order chi connectivity index (χ1) is 19.3. The van der Waals surface area contributed by atoms with Crippen molar-refractivity contribution >= 4 is 40.1 Å². The zero-order valence-corrected chi connectivity index (χ0v) is 23.2. The van der Waals surface area contributed by atoms with Gasteiger partial charge in [-0.05, 0) is 43.4 Å². The van der Waals surface area contributed by atoms with Gasteiger partial charge in [0.2, 0.25) is 11.8 Å². The monoisotopic (exact) mass is 560 g/mol. The fourth-order valence-corrected chi connectivity index (χ4v) is 6.53. The number of nitrogens with zero attached hydrogens (tertiary/aromatic N) is 4. The molecule has 6 rings (SSSR count). The van der Waals surface area contributed by atoms with Crippen LogP contribution in [-0.2, 0) is 19.1 Å². The first-order valence-corrected chi connectivity index (χ1v) is 14.6. The van der Waals surface area contributed by atoms with Crippen LogP contribution in [0.1, 0.15) is 45.4 Å². The van der Waals surface area contributed by atoms with Gasteiger partial charge >= 0.3 is 5.97 Å². The van der Waals surface area contributed by atoms with Crippen LogP contribution in [0.2, 0.25) is 0 Å². The van der Waals surface area contributed by atoms with Gasteiger partial charge in [0, 0.05) is 53.0 Å². The van der Waals surface area contributed by atoms with E-state index in [1.54, 1.807) is 16.0 Å². The van der Waals surface area contributed by atoms with Gasteiger partial charge in [-0.1, -0.05) is 31.2 Å². The normalized spacial score (nSPS) is 18.8. The minimum Gasteiger partial charge on any atom is -0.481 e. The van der Waals surface area contributed by atoms with Crippen LogP contribution in [0.15, 0.2) is 48.0 Å².